The van der Waals surface area contributed by atoms with Gasteiger partial charge < -0.3 is 14.5 Å². The van der Waals surface area contributed by atoms with Crippen molar-refractivity contribution in [3.63, 3.8) is 0 Å². The van der Waals surface area contributed by atoms with E-state index in [-0.39, 0.29) is 5.91 Å². The number of aryl methyl sites for hydroxylation is 1. The fraction of sp³-hybridized carbons (Fsp3) is 0.400. The van der Waals surface area contributed by atoms with Crippen LogP contribution in [0.2, 0.25) is 0 Å². The molecule has 1 amide bonds. The van der Waals surface area contributed by atoms with Crippen molar-refractivity contribution in [1.29, 1.82) is 0 Å². The van der Waals surface area contributed by atoms with Gasteiger partial charge in [0.25, 0.3) is 5.91 Å². The predicted molar refractivity (Wildman–Crippen MR) is 85.8 cm³/mol. The highest BCUT2D eigenvalue weighted by atomic mass is 32.1. The van der Waals surface area contributed by atoms with E-state index in [0.717, 1.165) is 24.5 Å². The number of aromatic nitrogens is 2. The van der Waals surface area contributed by atoms with Crippen LogP contribution in [0.15, 0.2) is 24.3 Å². The van der Waals surface area contributed by atoms with Crippen LogP contribution in [-0.4, -0.2) is 53.7 Å². The molecule has 1 aromatic carbocycles. The molecule has 2 heterocycles. The molecule has 0 N–H and O–H groups in total. The van der Waals surface area contributed by atoms with E-state index < -0.39 is 0 Å². The maximum atomic E-state index is 12.5. The van der Waals surface area contributed by atoms with E-state index in [9.17, 15) is 4.79 Å². The van der Waals surface area contributed by atoms with Gasteiger partial charge in [0.15, 0.2) is 0 Å². The molecule has 1 aliphatic heterocycles. The maximum Gasteiger partial charge on any atom is 0.267 e. The minimum Gasteiger partial charge on any atom is -0.495 e. The van der Waals surface area contributed by atoms with Crippen molar-refractivity contribution in [2.24, 2.45) is 0 Å². The Balaban J connectivity index is 1.68. The normalized spacial score (nSPS) is 15.0. The lowest BCUT2D eigenvalue weighted by Gasteiger charge is -2.36. The molecular weight excluding hydrogens is 300 g/mol. The Labute approximate surface area is 133 Å². The Morgan fingerprint density at radius 1 is 1.23 bits per heavy atom. The number of methoxy groups -OCH3 is 1. The third-order valence-corrected chi connectivity index (χ3v) is 4.65. The number of amides is 1. The number of hydrogen-bond acceptors (Lipinski definition) is 6. The number of ether oxygens (including phenoxy) is 1. The molecule has 0 unspecified atom stereocenters. The van der Waals surface area contributed by atoms with Crippen LogP contribution in [0, 0.1) is 6.92 Å². The molecule has 7 heteroatoms. The third-order valence-electron chi connectivity index (χ3n) is 3.84. The summed E-state index contributed by atoms with van der Waals surface area (Å²) in [4.78, 5) is 17.2. The van der Waals surface area contributed by atoms with Gasteiger partial charge in [-0.2, -0.15) is 0 Å². The second-order valence-corrected chi connectivity index (χ2v) is 5.89. The van der Waals surface area contributed by atoms with Gasteiger partial charge in [0.2, 0.25) is 0 Å². The highest BCUT2D eigenvalue weighted by Crippen LogP contribution is 2.28. The number of rotatable bonds is 3. The third kappa shape index (κ3) is 2.76. The highest BCUT2D eigenvalue weighted by molar-refractivity contribution is 7.07. The minimum absolute atomic E-state index is 0.0344. The number of hydrogen-bond donors (Lipinski definition) is 0. The largest absolute Gasteiger partial charge is 0.495 e. The predicted octanol–water partition coefficient (Wildman–Crippen LogP) is 1.82. The number of para-hydroxylation sites is 2. The fourth-order valence-electron chi connectivity index (χ4n) is 2.61. The second-order valence-electron chi connectivity index (χ2n) is 5.14. The lowest BCUT2D eigenvalue weighted by molar-refractivity contribution is 0.0750. The van der Waals surface area contributed by atoms with Crippen molar-refractivity contribution in [3.05, 3.63) is 34.8 Å². The first-order valence-corrected chi connectivity index (χ1v) is 7.94. The maximum absolute atomic E-state index is 12.5. The first-order chi connectivity index (χ1) is 10.7. The van der Waals surface area contributed by atoms with Crippen molar-refractivity contribution >= 4 is 23.1 Å². The Hall–Kier alpha value is -2.15. The van der Waals surface area contributed by atoms with Gasteiger partial charge in [-0.15, -0.1) is 5.10 Å². The summed E-state index contributed by atoms with van der Waals surface area (Å²) in [5.74, 6) is 0.900. The van der Waals surface area contributed by atoms with Gasteiger partial charge in [-0.25, -0.2) is 0 Å². The summed E-state index contributed by atoms with van der Waals surface area (Å²) in [5, 5.41) is 3.91. The summed E-state index contributed by atoms with van der Waals surface area (Å²) < 4.78 is 9.25. The van der Waals surface area contributed by atoms with Crippen molar-refractivity contribution < 1.29 is 9.53 Å². The Morgan fingerprint density at radius 2 is 1.95 bits per heavy atom. The molecule has 1 aromatic heterocycles. The molecule has 0 bridgehead atoms. The summed E-state index contributed by atoms with van der Waals surface area (Å²) in [5.41, 5.74) is 1.79. The zero-order valence-corrected chi connectivity index (χ0v) is 13.5. The van der Waals surface area contributed by atoms with E-state index in [0.29, 0.717) is 23.7 Å². The van der Waals surface area contributed by atoms with Crippen molar-refractivity contribution in [3.8, 4) is 5.75 Å². The summed E-state index contributed by atoms with van der Waals surface area (Å²) in [6.45, 7) is 4.78. The lowest BCUT2D eigenvalue weighted by atomic mass is 10.2. The van der Waals surface area contributed by atoms with Crippen LogP contribution in [0.5, 0.6) is 5.75 Å². The smallest absolute Gasteiger partial charge is 0.267 e. The van der Waals surface area contributed by atoms with Crippen LogP contribution in [-0.2, 0) is 0 Å². The number of anilines is 1. The monoisotopic (exact) mass is 318 g/mol. The summed E-state index contributed by atoms with van der Waals surface area (Å²) in [6, 6.07) is 7.97. The van der Waals surface area contributed by atoms with E-state index in [2.05, 4.69) is 14.5 Å². The van der Waals surface area contributed by atoms with E-state index >= 15 is 0 Å². The van der Waals surface area contributed by atoms with Gasteiger partial charge >= 0.3 is 0 Å². The van der Waals surface area contributed by atoms with Gasteiger partial charge in [-0.1, -0.05) is 16.6 Å². The van der Waals surface area contributed by atoms with Crippen LogP contribution in [0.3, 0.4) is 0 Å². The molecule has 0 aliphatic carbocycles. The summed E-state index contributed by atoms with van der Waals surface area (Å²) in [7, 11) is 1.68. The molecule has 0 atom stereocenters. The van der Waals surface area contributed by atoms with Crippen LogP contribution in [0.1, 0.15) is 15.4 Å². The van der Waals surface area contributed by atoms with Gasteiger partial charge in [0.05, 0.1) is 18.5 Å². The number of piperazine rings is 1. The van der Waals surface area contributed by atoms with Crippen molar-refractivity contribution in [2.45, 2.75) is 6.92 Å². The molecule has 3 rings (SSSR count). The Morgan fingerprint density at radius 3 is 2.59 bits per heavy atom. The number of carbonyl (C=O) groups excluding carboxylic acids is 1. The number of nitrogens with zero attached hydrogens (tertiary/aromatic N) is 4. The second kappa shape index (κ2) is 6.31. The molecule has 0 radical (unpaired) electrons. The van der Waals surface area contributed by atoms with Gasteiger partial charge in [0, 0.05) is 26.2 Å². The molecule has 0 spiro atoms. The molecule has 2 aromatic rings. The van der Waals surface area contributed by atoms with Gasteiger partial charge in [-0.3, -0.25) is 4.79 Å². The molecular formula is C15H18N4O2S. The topological polar surface area (TPSA) is 58.6 Å². The molecule has 1 fully saturated rings. The van der Waals surface area contributed by atoms with Crippen molar-refractivity contribution in [2.75, 3.05) is 38.2 Å². The fourth-order valence-corrected chi connectivity index (χ4v) is 3.24. The average Bonchev–Trinajstić information content (AvgIpc) is 3.00. The minimum atomic E-state index is 0.0344. The first kappa shape index (κ1) is 14.8. The van der Waals surface area contributed by atoms with E-state index in [4.69, 9.17) is 4.74 Å². The van der Waals surface area contributed by atoms with Gasteiger partial charge in [0.1, 0.15) is 10.6 Å². The standard InChI is InChI=1S/C15H18N4O2S/c1-11-14(22-17-16-11)15(20)19-9-7-18(8-10-19)12-5-3-4-6-13(12)21-2/h3-6H,7-10H2,1-2H3. The van der Waals surface area contributed by atoms with E-state index in [1.54, 1.807) is 7.11 Å². The van der Waals surface area contributed by atoms with Crippen LogP contribution in [0.4, 0.5) is 5.69 Å². The average molecular weight is 318 g/mol. The molecule has 0 saturated carbocycles. The van der Waals surface area contributed by atoms with Gasteiger partial charge in [-0.05, 0) is 30.6 Å². The van der Waals surface area contributed by atoms with Crippen LogP contribution < -0.4 is 9.64 Å². The molecule has 22 heavy (non-hydrogen) atoms. The zero-order valence-electron chi connectivity index (χ0n) is 12.7. The lowest BCUT2D eigenvalue weighted by Crippen LogP contribution is -2.48. The first-order valence-electron chi connectivity index (χ1n) is 7.17. The van der Waals surface area contributed by atoms with Crippen LogP contribution >= 0.6 is 11.5 Å². The number of carbonyl (C=O) groups is 1. The van der Waals surface area contributed by atoms with E-state index in [1.807, 2.05) is 36.1 Å². The molecule has 1 saturated heterocycles. The van der Waals surface area contributed by atoms with E-state index in [1.165, 1.54) is 11.5 Å². The molecule has 1 aliphatic rings. The van der Waals surface area contributed by atoms with Crippen LogP contribution in [0.25, 0.3) is 0 Å². The summed E-state index contributed by atoms with van der Waals surface area (Å²) in [6.07, 6.45) is 0. The molecule has 6 nitrogen and oxygen atoms in total. The highest BCUT2D eigenvalue weighted by Gasteiger charge is 2.25. The number of benzene rings is 1. The summed E-state index contributed by atoms with van der Waals surface area (Å²) >= 11 is 1.17. The quantitative estimate of drug-likeness (QED) is 0.864. The Bertz CT molecular complexity index is 665. The van der Waals surface area contributed by atoms with Crippen molar-refractivity contribution in [1.82, 2.24) is 14.5 Å². The molecule has 116 valence electrons. The SMILES string of the molecule is COc1ccccc1N1CCN(C(=O)c2snnc2C)CC1. The Kier molecular flexibility index (Phi) is 4.24. The zero-order chi connectivity index (χ0) is 15.5.